The molecule has 0 radical (unpaired) electrons. The number of anilines is 2. The first-order chi connectivity index (χ1) is 25.3. The van der Waals surface area contributed by atoms with Gasteiger partial charge in [0.15, 0.2) is 5.13 Å². The second kappa shape index (κ2) is 17.3. The van der Waals surface area contributed by atoms with E-state index in [2.05, 4.69) is 20.9 Å². The van der Waals surface area contributed by atoms with Crippen LogP contribution in [0.2, 0.25) is 0 Å². The van der Waals surface area contributed by atoms with Crippen molar-refractivity contribution < 1.29 is 23.5 Å². The van der Waals surface area contributed by atoms with Gasteiger partial charge in [-0.25, -0.2) is 9.37 Å². The standard InChI is InChI=1S/C41H33FN4O4S2/c1-2-50-33-21-13-27(14-22-33)25-35(44-38(47)30-11-7-4-8-12-30)39(48)43-32-19-23-34(24-20-32)52-37(29-9-5-3-6-10-29)40(49)46-41-45-36(26-51-41)28-15-17-31(42)18-16-28/h3-26,37H,2H2,1H3,(H,43,48)(H,44,47)(H,45,46,49)/b35-25-. The number of halogens is 1. The van der Waals surface area contributed by atoms with Gasteiger partial charge in [0, 0.05) is 27.1 Å². The number of carbonyl (C=O) groups excluding carboxylic acids is 3. The van der Waals surface area contributed by atoms with Crippen LogP contribution >= 0.6 is 23.1 Å². The summed E-state index contributed by atoms with van der Waals surface area (Å²) in [6, 6.07) is 38.4. The summed E-state index contributed by atoms with van der Waals surface area (Å²) in [5, 5.41) is 10.2. The summed E-state index contributed by atoms with van der Waals surface area (Å²) < 4.78 is 18.9. The molecule has 1 unspecified atom stereocenters. The Balaban J connectivity index is 1.16. The first kappa shape index (κ1) is 35.8. The molecule has 3 amide bonds. The molecule has 0 saturated carbocycles. The van der Waals surface area contributed by atoms with Crippen molar-refractivity contribution in [1.82, 2.24) is 10.3 Å². The van der Waals surface area contributed by atoms with E-state index < -0.39 is 17.1 Å². The number of hydrogen-bond donors (Lipinski definition) is 3. The molecule has 0 fully saturated rings. The number of thioether (sulfide) groups is 1. The summed E-state index contributed by atoms with van der Waals surface area (Å²) in [6.45, 7) is 2.43. The van der Waals surface area contributed by atoms with E-state index in [4.69, 9.17) is 4.74 Å². The molecule has 1 heterocycles. The van der Waals surface area contributed by atoms with Gasteiger partial charge < -0.3 is 20.7 Å². The number of nitrogens with one attached hydrogen (secondary N) is 3. The average molecular weight is 729 g/mol. The molecule has 52 heavy (non-hydrogen) atoms. The zero-order valence-corrected chi connectivity index (χ0v) is 29.5. The van der Waals surface area contributed by atoms with Crippen molar-refractivity contribution in [1.29, 1.82) is 0 Å². The molecule has 6 aromatic rings. The van der Waals surface area contributed by atoms with E-state index in [1.165, 1.54) is 35.2 Å². The Morgan fingerprint density at radius 1 is 0.827 bits per heavy atom. The van der Waals surface area contributed by atoms with E-state index in [0.29, 0.717) is 40.0 Å². The Labute approximate surface area is 308 Å². The fourth-order valence-electron chi connectivity index (χ4n) is 5.04. The topological polar surface area (TPSA) is 109 Å². The number of thiazole rings is 1. The van der Waals surface area contributed by atoms with Crippen LogP contribution in [0.1, 0.15) is 33.7 Å². The summed E-state index contributed by atoms with van der Waals surface area (Å²) >= 11 is 2.64. The molecule has 8 nitrogen and oxygen atoms in total. The molecule has 5 aromatic carbocycles. The molecule has 0 bridgehead atoms. The number of ether oxygens (including phenoxy) is 1. The van der Waals surface area contributed by atoms with Crippen LogP contribution in [0.15, 0.2) is 149 Å². The molecule has 3 N–H and O–H groups in total. The number of amides is 3. The second-order valence-corrected chi connectivity index (χ2v) is 13.3. The minimum Gasteiger partial charge on any atom is -0.494 e. The lowest BCUT2D eigenvalue weighted by Crippen LogP contribution is -2.30. The Kier molecular flexibility index (Phi) is 11.9. The predicted molar refractivity (Wildman–Crippen MR) is 206 cm³/mol. The molecule has 0 aliphatic carbocycles. The highest BCUT2D eigenvalue weighted by Gasteiger charge is 2.24. The molecule has 260 valence electrons. The van der Waals surface area contributed by atoms with E-state index in [9.17, 15) is 18.8 Å². The number of benzene rings is 5. The van der Waals surface area contributed by atoms with Crippen molar-refractivity contribution in [3.05, 3.63) is 167 Å². The second-order valence-electron chi connectivity index (χ2n) is 11.3. The number of rotatable bonds is 13. The fourth-order valence-corrected chi connectivity index (χ4v) is 6.79. The third-order valence-electron chi connectivity index (χ3n) is 7.61. The molecule has 0 spiro atoms. The monoisotopic (exact) mass is 728 g/mol. The molecule has 0 saturated heterocycles. The first-order valence-corrected chi connectivity index (χ1v) is 18.1. The average Bonchev–Trinajstić information content (AvgIpc) is 3.64. The van der Waals surface area contributed by atoms with Crippen LogP contribution in [-0.2, 0) is 9.59 Å². The lowest BCUT2D eigenvalue weighted by molar-refractivity contribution is -0.116. The Bertz CT molecular complexity index is 2160. The predicted octanol–water partition coefficient (Wildman–Crippen LogP) is 9.23. The van der Waals surface area contributed by atoms with Crippen LogP contribution in [-0.4, -0.2) is 29.3 Å². The van der Waals surface area contributed by atoms with Crippen LogP contribution in [0.25, 0.3) is 17.3 Å². The van der Waals surface area contributed by atoms with Gasteiger partial charge >= 0.3 is 0 Å². The van der Waals surface area contributed by atoms with Gasteiger partial charge in [-0.2, -0.15) is 0 Å². The van der Waals surface area contributed by atoms with Crippen LogP contribution in [0.5, 0.6) is 5.75 Å². The summed E-state index contributed by atoms with van der Waals surface area (Å²) in [5.74, 6) is -0.826. The van der Waals surface area contributed by atoms with Crippen molar-refractivity contribution in [2.45, 2.75) is 17.1 Å². The third-order valence-corrected chi connectivity index (χ3v) is 9.64. The van der Waals surface area contributed by atoms with Crippen LogP contribution < -0.4 is 20.7 Å². The zero-order valence-electron chi connectivity index (χ0n) is 27.9. The van der Waals surface area contributed by atoms with Gasteiger partial charge in [-0.15, -0.1) is 23.1 Å². The largest absolute Gasteiger partial charge is 0.494 e. The van der Waals surface area contributed by atoms with Crippen molar-refractivity contribution >= 4 is 57.7 Å². The highest BCUT2D eigenvalue weighted by Crippen LogP contribution is 2.37. The Hall–Kier alpha value is -6.04. The van der Waals surface area contributed by atoms with Gasteiger partial charge in [-0.1, -0.05) is 60.7 Å². The minimum atomic E-state index is -0.614. The van der Waals surface area contributed by atoms with Gasteiger partial charge in [0.05, 0.1) is 12.3 Å². The van der Waals surface area contributed by atoms with Crippen LogP contribution in [0.4, 0.5) is 15.2 Å². The normalized spacial score (nSPS) is 11.7. The van der Waals surface area contributed by atoms with E-state index in [1.54, 1.807) is 78.9 Å². The van der Waals surface area contributed by atoms with E-state index in [-0.39, 0.29) is 17.4 Å². The maximum Gasteiger partial charge on any atom is 0.272 e. The van der Waals surface area contributed by atoms with E-state index in [1.807, 2.05) is 60.8 Å². The fraction of sp³-hybridized carbons (Fsp3) is 0.0732. The zero-order chi connectivity index (χ0) is 36.3. The number of aromatic nitrogens is 1. The van der Waals surface area contributed by atoms with Gasteiger partial charge in [0.2, 0.25) is 5.91 Å². The highest BCUT2D eigenvalue weighted by atomic mass is 32.2. The minimum absolute atomic E-state index is 0.0575. The summed E-state index contributed by atoms with van der Waals surface area (Å²) in [7, 11) is 0. The number of hydrogen-bond acceptors (Lipinski definition) is 7. The molecule has 0 aliphatic heterocycles. The lowest BCUT2D eigenvalue weighted by atomic mass is 10.1. The van der Waals surface area contributed by atoms with Crippen LogP contribution in [0, 0.1) is 5.82 Å². The Morgan fingerprint density at radius 2 is 1.50 bits per heavy atom. The van der Waals surface area contributed by atoms with Gasteiger partial charge in [0.1, 0.15) is 22.5 Å². The molecule has 1 aromatic heterocycles. The van der Waals surface area contributed by atoms with Crippen molar-refractivity contribution in [2.24, 2.45) is 0 Å². The third kappa shape index (κ3) is 9.59. The van der Waals surface area contributed by atoms with Crippen molar-refractivity contribution in [2.75, 3.05) is 17.2 Å². The molecule has 11 heteroatoms. The molecular weight excluding hydrogens is 696 g/mol. The number of nitrogens with zero attached hydrogens (tertiary/aromatic N) is 1. The van der Waals surface area contributed by atoms with Gasteiger partial charge in [-0.05, 0) is 96.9 Å². The maximum absolute atomic E-state index is 13.7. The maximum atomic E-state index is 13.7. The van der Waals surface area contributed by atoms with Gasteiger partial charge in [-0.3, -0.25) is 14.4 Å². The van der Waals surface area contributed by atoms with Crippen molar-refractivity contribution in [3.63, 3.8) is 0 Å². The SMILES string of the molecule is CCOc1ccc(/C=C(\NC(=O)c2ccccc2)C(=O)Nc2ccc(SC(C(=O)Nc3nc(-c4ccc(F)cc4)cs3)c3ccccc3)cc2)cc1. The smallest absolute Gasteiger partial charge is 0.272 e. The summed E-state index contributed by atoms with van der Waals surface area (Å²) in [5.41, 5.74) is 3.85. The van der Waals surface area contributed by atoms with Crippen molar-refractivity contribution in [3.8, 4) is 17.0 Å². The first-order valence-electron chi connectivity index (χ1n) is 16.3. The molecule has 1 atom stereocenters. The Morgan fingerprint density at radius 3 is 2.17 bits per heavy atom. The van der Waals surface area contributed by atoms with E-state index in [0.717, 1.165) is 16.0 Å². The summed E-state index contributed by atoms with van der Waals surface area (Å²) in [6.07, 6.45) is 1.60. The molecular formula is C41H33FN4O4S2. The lowest BCUT2D eigenvalue weighted by Gasteiger charge is -2.17. The van der Waals surface area contributed by atoms with E-state index >= 15 is 0 Å². The highest BCUT2D eigenvalue weighted by molar-refractivity contribution is 8.00. The molecule has 0 aliphatic rings. The van der Waals surface area contributed by atoms with Gasteiger partial charge in [0.25, 0.3) is 11.8 Å². The summed E-state index contributed by atoms with van der Waals surface area (Å²) in [4.78, 5) is 45.6. The molecule has 6 rings (SSSR count). The quantitative estimate of drug-likeness (QED) is 0.0809. The number of carbonyl (C=O) groups is 3. The van der Waals surface area contributed by atoms with Crippen LogP contribution in [0.3, 0.4) is 0 Å².